The summed E-state index contributed by atoms with van der Waals surface area (Å²) in [6.45, 7) is 9.22. The van der Waals surface area contributed by atoms with Crippen LogP contribution in [-0.4, -0.2) is 29.5 Å². The highest BCUT2D eigenvalue weighted by atomic mass is 16.1. The van der Waals surface area contributed by atoms with Gasteiger partial charge in [-0.05, 0) is 24.2 Å². The molecule has 0 atom stereocenters. The molecule has 0 saturated heterocycles. The lowest BCUT2D eigenvalue weighted by molar-refractivity contribution is 0.0935. The summed E-state index contributed by atoms with van der Waals surface area (Å²) in [5.41, 5.74) is 1.41. The van der Waals surface area contributed by atoms with Gasteiger partial charge in [-0.25, -0.2) is 9.97 Å². The number of amides is 1. The number of aromatic nitrogens is 2. The molecule has 0 unspecified atom stereocenters. The average Bonchev–Trinajstić information content (AvgIpc) is 3.25. The lowest BCUT2D eigenvalue weighted by Crippen LogP contribution is -2.33. The predicted molar refractivity (Wildman–Crippen MR) is 84.5 cm³/mol. The summed E-state index contributed by atoms with van der Waals surface area (Å²) in [4.78, 5) is 21.2. The van der Waals surface area contributed by atoms with Crippen molar-refractivity contribution in [2.45, 2.75) is 46.5 Å². The Balaban J connectivity index is 2.12. The zero-order chi connectivity index (χ0) is 15.6. The Morgan fingerprint density at radius 2 is 2.00 bits per heavy atom. The zero-order valence-corrected chi connectivity index (χ0v) is 13.7. The molecular weight excluding hydrogens is 264 g/mol. The Morgan fingerprint density at radius 1 is 1.33 bits per heavy atom. The third-order valence-electron chi connectivity index (χ3n) is 4.53. The van der Waals surface area contributed by atoms with E-state index in [1.807, 2.05) is 13.8 Å². The summed E-state index contributed by atoms with van der Waals surface area (Å²) >= 11 is 0. The SMILES string of the molecule is CNc1cnc(C(C)C)nc1C(=O)NCC1(C(C)C)CC1. The first-order valence-electron chi connectivity index (χ1n) is 7.72. The van der Waals surface area contributed by atoms with E-state index in [1.165, 1.54) is 12.8 Å². The van der Waals surface area contributed by atoms with Crippen LogP contribution >= 0.6 is 0 Å². The number of anilines is 1. The molecule has 0 aliphatic heterocycles. The van der Waals surface area contributed by atoms with Gasteiger partial charge in [0.1, 0.15) is 5.82 Å². The maximum atomic E-state index is 12.5. The summed E-state index contributed by atoms with van der Waals surface area (Å²) < 4.78 is 0. The molecule has 0 bridgehead atoms. The lowest BCUT2D eigenvalue weighted by atomic mass is 9.92. The number of carbonyl (C=O) groups is 1. The molecule has 1 amide bonds. The topological polar surface area (TPSA) is 66.9 Å². The first-order chi connectivity index (χ1) is 9.89. The second-order valence-electron chi connectivity index (χ2n) is 6.59. The maximum Gasteiger partial charge on any atom is 0.272 e. The van der Waals surface area contributed by atoms with Crippen LogP contribution in [0.15, 0.2) is 6.20 Å². The van der Waals surface area contributed by atoms with E-state index in [4.69, 9.17) is 0 Å². The van der Waals surface area contributed by atoms with Gasteiger partial charge in [0, 0.05) is 19.5 Å². The number of hydrogen-bond acceptors (Lipinski definition) is 4. The second kappa shape index (κ2) is 6.00. The number of nitrogens with zero attached hydrogens (tertiary/aromatic N) is 2. The van der Waals surface area contributed by atoms with Gasteiger partial charge in [-0.3, -0.25) is 4.79 Å². The molecule has 1 heterocycles. The van der Waals surface area contributed by atoms with Crippen LogP contribution in [0.1, 0.15) is 62.8 Å². The normalized spacial score (nSPS) is 16.1. The van der Waals surface area contributed by atoms with Gasteiger partial charge in [-0.1, -0.05) is 27.7 Å². The molecule has 2 N–H and O–H groups in total. The van der Waals surface area contributed by atoms with Crippen LogP contribution in [0.3, 0.4) is 0 Å². The highest BCUT2D eigenvalue weighted by molar-refractivity contribution is 5.97. The minimum Gasteiger partial charge on any atom is -0.385 e. The second-order valence-corrected chi connectivity index (χ2v) is 6.59. The van der Waals surface area contributed by atoms with Gasteiger partial charge in [0.05, 0.1) is 11.9 Å². The molecule has 1 aliphatic rings. The minimum atomic E-state index is -0.115. The first kappa shape index (κ1) is 15.7. The van der Waals surface area contributed by atoms with Gasteiger partial charge in [0.25, 0.3) is 5.91 Å². The van der Waals surface area contributed by atoms with Crippen LogP contribution < -0.4 is 10.6 Å². The molecule has 5 nitrogen and oxygen atoms in total. The summed E-state index contributed by atoms with van der Waals surface area (Å²) in [6, 6.07) is 0. The number of nitrogens with one attached hydrogen (secondary N) is 2. The summed E-state index contributed by atoms with van der Waals surface area (Å²) in [6.07, 6.45) is 4.09. The number of carbonyl (C=O) groups excluding carboxylic acids is 1. The summed E-state index contributed by atoms with van der Waals surface area (Å²) in [7, 11) is 1.78. The van der Waals surface area contributed by atoms with Crippen LogP contribution in [0, 0.1) is 11.3 Å². The average molecular weight is 290 g/mol. The van der Waals surface area contributed by atoms with E-state index in [2.05, 4.69) is 34.4 Å². The zero-order valence-electron chi connectivity index (χ0n) is 13.7. The number of hydrogen-bond donors (Lipinski definition) is 2. The van der Waals surface area contributed by atoms with Crippen molar-refractivity contribution < 1.29 is 4.79 Å². The minimum absolute atomic E-state index is 0.115. The van der Waals surface area contributed by atoms with Crippen LogP contribution in [0.2, 0.25) is 0 Å². The van der Waals surface area contributed by atoms with Crippen molar-refractivity contribution in [2.75, 3.05) is 18.9 Å². The van der Waals surface area contributed by atoms with E-state index < -0.39 is 0 Å². The van der Waals surface area contributed by atoms with Gasteiger partial charge in [0.2, 0.25) is 0 Å². The van der Waals surface area contributed by atoms with Crippen molar-refractivity contribution >= 4 is 11.6 Å². The fourth-order valence-electron chi connectivity index (χ4n) is 2.49. The van der Waals surface area contributed by atoms with Crippen molar-refractivity contribution in [3.05, 3.63) is 17.7 Å². The van der Waals surface area contributed by atoms with Gasteiger partial charge in [-0.2, -0.15) is 0 Å². The highest BCUT2D eigenvalue weighted by Gasteiger charge is 2.45. The van der Waals surface area contributed by atoms with E-state index in [1.54, 1.807) is 13.2 Å². The summed E-state index contributed by atoms with van der Waals surface area (Å²) in [5, 5.41) is 6.05. The molecule has 1 aromatic rings. The smallest absolute Gasteiger partial charge is 0.272 e. The van der Waals surface area contributed by atoms with Crippen molar-refractivity contribution in [3.8, 4) is 0 Å². The third kappa shape index (κ3) is 3.34. The molecule has 0 spiro atoms. The number of rotatable bonds is 6. The molecule has 5 heteroatoms. The third-order valence-corrected chi connectivity index (χ3v) is 4.53. The van der Waals surface area contributed by atoms with Gasteiger partial charge in [0.15, 0.2) is 5.69 Å². The van der Waals surface area contributed by atoms with Crippen molar-refractivity contribution in [1.82, 2.24) is 15.3 Å². The van der Waals surface area contributed by atoms with E-state index in [9.17, 15) is 4.79 Å². The fourth-order valence-corrected chi connectivity index (χ4v) is 2.49. The van der Waals surface area contributed by atoms with E-state index in [0.29, 0.717) is 28.5 Å². The maximum absolute atomic E-state index is 12.5. The highest BCUT2D eigenvalue weighted by Crippen LogP contribution is 2.51. The van der Waals surface area contributed by atoms with E-state index >= 15 is 0 Å². The molecule has 1 saturated carbocycles. The monoisotopic (exact) mass is 290 g/mol. The van der Waals surface area contributed by atoms with Crippen molar-refractivity contribution in [1.29, 1.82) is 0 Å². The molecule has 2 rings (SSSR count). The van der Waals surface area contributed by atoms with Crippen LogP contribution in [-0.2, 0) is 0 Å². The van der Waals surface area contributed by atoms with E-state index in [-0.39, 0.29) is 11.8 Å². The Labute approximate surface area is 127 Å². The summed E-state index contributed by atoms with van der Waals surface area (Å²) in [5.74, 6) is 1.38. The largest absolute Gasteiger partial charge is 0.385 e. The molecular formula is C16H26N4O. The van der Waals surface area contributed by atoms with Crippen molar-refractivity contribution in [2.24, 2.45) is 11.3 Å². The molecule has 1 aliphatic carbocycles. The lowest BCUT2D eigenvalue weighted by Gasteiger charge is -2.20. The first-order valence-corrected chi connectivity index (χ1v) is 7.72. The Kier molecular flexibility index (Phi) is 4.49. The van der Waals surface area contributed by atoms with Crippen LogP contribution in [0.5, 0.6) is 0 Å². The van der Waals surface area contributed by atoms with E-state index in [0.717, 1.165) is 6.54 Å². The molecule has 1 fully saturated rings. The van der Waals surface area contributed by atoms with Gasteiger partial charge < -0.3 is 10.6 Å². The van der Waals surface area contributed by atoms with Crippen LogP contribution in [0.4, 0.5) is 5.69 Å². The Morgan fingerprint density at radius 3 is 2.48 bits per heavy atom. The molecule has 1 aromatic heterocycles. The quantitative estimate of drug-likeness (QED) is 0.845. The molecule has 116 valence electrons. The Bertz CT molecular complexity index is 521. The van der Waals surface area contributed by atoms with Gasteiger partial charge in [-0.15, -0.1) is 0 Å². The molecule has 0 aromatic carbocycles. The van der Waals surface area contributed by atoms with Crippen LogP contribution in [0.25, 0.3) is 0 Å². The van der Waals surface area contributed by atoms with Gasteiger partial charge >= 0.3 is 0 Å². The standard InChI is InChI=1S/C16H26N4O/c1-10(2)14-18-8-12(17-5)13(20-14)15(21)19-9-16(6-7-16)11(3)4/h8,10-11,17H,6-7,9H2,1-5H3,(H,19,21). The Hall–Kier alpha value is -1.65. The predicted octanol–water partition coefficient (Wildman–Crippen LogP) is 2.81. The fraction of sp³-hybridized carbons (Fsp3) is 0.688. The van der Waals surface area contributed by atoms with Crippen molar-refractivity contribution in [3.63, 3.8) is 0 Å². The molecule has 0 radical (unpaired) electrons. The molecule has 21 heavy (non-hydrogen) atoms.